The van der Waals surface area contributed by atoms with E-state index in [0.717, 1.165) is 33.3 Å². The van der Waals surface area contributed by atoms with Crippen molar-refractivity contribution >= 4 is 34.2 Å². The van der Waals surface area contributed by atoms with Crippen LogP contribution in [0.1, 0.15) is 11.1 Å². The molecule has 7 nitrogen and oxygen atoms in total. The number of anilines is 1. The normalized spacial score (nSPS) is 11.3. The number of nitrogens with one attached hydrogen (secondary N) is 2. The Kier molecular flexibility index (Phi) is 4.75. The van der Waals surface area contributed by atoms with Crippen molar-refractivity contribution in [3.63, 3.8) is 0 Å². The van der Waals surface area contributed by atoms with E-state index in [1.807, 2.05) is 78.9 Å². The monoisotopic (exact) mass is 394 g/mol. The van der Waals surface area contributed by atoms with Crippen LogP contribution in [0.4, 0.5) is 5.95 Å². The molecule has 0 bridgehead atoms. The van der Waals surface area contributed by atoms with Crippen LogP contribution >= 0.6 is 0 Å². The number of aromatic nitrogens is 4. The molecule has 0 saturated heterocycles. The van der Waals surface area contributed by atoms with E-state index in [2.05, 4.69) is 30.7 Å². The van der Waals surface area contributed by atoms with Crippen molar-refractivity contribution < 1.29 is 4.74 Å². The van der Waals surface area contributed by atoms with Crippen LogP contribution in [0.5, 0.6) is 5.75 Å². The first kappa shape index (κ1) is 17.8. The fourth-order valence-corrected chi connectivity index (χ4v) is 3.12. The average molecular weight is 394 g/mol. The molecule has 0 unspecified atom stereocenters. The van der Waals surface area contributed by atoms with Crippen molar-refractivity contribution in [3.8, 4) is 5.75 Å². The van der Waals surface area contributed by atoms with E-state index >= 15 is 0 Å². The molecule has 0 saturated carbocycles. The van der Waals surface area contributed by atoms with E-state index in [-0.39, 0.29) is 0 Å². The summed E-state index contributed by atoms with van der Waals surface area (Å²) < 4.78 is 5.79. The standard InChI is InChI=1S/C23H18N6O/c1-2-6-17(7-3-1)15-30-18-12-10-16(11-13-18)14-24-28-23-26-22-21(27-29-23)19-8-4-5-9-20(19)25-22/h1-14H,15H2,(H2,25,26,28,29)/b24-14-. The van der Waals surface area contributed by atoms with Gasteiger partial charge in [-0.15, -0.1) is 10.2 Å². The number of hydrogen-bond donors (Lipinski definition) is 2. The Balaban J connectivity index is 1.22. The number of H-pyrrole nitrogens is 1. The van der Waals surface area contributed by atoms with Gasteiger partial charge >= 0.3 is 0 Å². The Hall–Kier alpha value is -4.26. The molecule has 30 heavy (non-hydrogen) atoms. The number of rotatable bonds is 6. The van der Waals surface area contributed by atoms with Gasteiger partial charge in [-0.3, -0.25) is 0 Å². The molecule has 0 radical (unpaired) electrons. The van der Waals surface area contributed by atoms with Gasteiger partial charge < -0.3 is 9.72 Å². The van der Waals surface area contributed by atoms with Crippen molar-refractivity contribution in [2.75, 3.05) is 5.43 Å². The van der Waals surface area contributed by atoms with Gasteiger partial charge in [-0.2, -0.15) is 10.1 Å². The molecule has 2 N–H and O–H groups in total. The largest absolute Gasteiger partial charge is 0.489 e. The molecule has 0 aliphatic heterocycles. The Bertz CT molecular complexity index is 1310. The highest BCUT2D eigenvalue weighted by Crippen LogP contribution is 2.21. The third-order valence-corrected chi connectivity index (χ3v) is 4.63. The number of benzene rings is 3. The number of fused-ring (bicyclic) bond motifs is 3. The molecule has 0 aliphatic carbocycles. The van der Waals surface area contributed by atoms with Crippen LogP contribution < -0.4 is 10.2 Å². The minimum absolute atomic E-state index is 0.327. The highest BCUT2D eigenvalue weighted by atomic mass is 16.5. The Morgan fingerprint density at radius 1 is 0.900 bits per heavy atom. The second-order valence-corrected chi connectivity index (χ2v) is 6.72. The third kappa shape index (κ3) is 3.81. The zero-order chi connectivity index (χ0) is 20.2. The molecule has 2 aromatic heterocycles. The predicted octanol–water partition coefficient (Wildman–Crippen LogP) is 4.53. The zero-order valence-corrected chi connectivity index (χ0v) is 16.0. The van der Waals surface area contributed by atoms with Gasteiger partial charge in [-0.05, 0) is 41.5 Å². The maximum Gasteiger partial charge on any atom is 0.265 e. The first-order valence-electron chi connectivity index (χ1n) is 9.52. The summed E-state index contributed by atoms with van der Waals surface area (Å²) in [6, 6.07) is 25.7. The molecule has 3 aromatic carbocycles. The van der Waals surface area contributed by atoms with Gasteiger partial charge in [0.2, 0.25) is 0 Å². The van der Waals surface area contributed by atoms with E-state index in [0.29, 0.717) is 18.2 Å². The zero-order valence-electron chi connectivity index (χ0n) is 16.0. The summed E-state index contributed by atoms with van der Waals surface area (Å²) in [5.41, 5.74) is 7.27. The lowest BCUT2D eigenvalue weighted by Gasteiger charge is -2.06. The van der Waals surface area contributed by atoms with Crippen LogP contribution in [0.3, 0.4) is 0 Å². The average Bonchev–Trinajstić information content (AvgIpc) is 3.17. The van der Waals surface area contributed by atoms with Crippen molar-refractivity contribution in [2.45, 2.75) is 6.61 Å². The van der Waals surface area contributed by atoms with Crippen LogP contribution in [-0.4, -0.2) is 26.4 Å². The molecule has 5 rings (SSSR count). The van der Waals surface area contributed by atoms with Gasteiger partial charge in [0.1, 0.15) is 17.9 Å². The maximum atomic E-state index is 5.79. The Labute approximate surface area is 172 Å². The van der Waals surface area contributed by atoms with Gasteiger partial charge in [0, 0.05) is 10.9 Å². The molecule has 0 spiro atoms. The highest BCUT2D eigenvalue weighted by Gasteiger charge is 2.07. The van der Waals surface area contributed by atoms with Gasteiger partial charge in [0.05, 0.1) is 6.21 Å². The molecule has 0 amide bonds. The quantitative estimate of drug-likeness (QED) is 0.326. The van der Waals surface area contributed by atoms with Crippen LogP contribution in [0.25, 0.3) is 22.1 Å². The molecule has 2 heterocycles. The molecular formula is C23H18N6O. The van der Waals surface area contributed by atoms with E-state index in [1.54, 1.807) is 6.21 Å². The van der Waals surface area contributed by atoms with Crippen LogP contribution in [0.15, 0.2) is 84.0 Å². The lowest BCUT2D eigenvalue weighted by atomic mass is 10.2. The Morgan fingerprint density at radius 3 is 2.57 bits per heavy atom. The Morgan fingerprint density at radius 2 is 1.70 bits per heavy atom. The van der Waals surface area contributed by atoms with E-state index < -0.39 is 0 Å². The lowest BCUT2D eigenvalue weighted by molar-refractivity contribution is 0.306. The number of hydrogen-bond acceptors (Lipinski definition) is 6. The van der Waals surface area contributed by atoms with E-state index in [9.17, 15) is 0 Å². The molecule has 0 fully saturated rings. The van der Waals surface area contributed by atoms with Crippen molar-refractivity contribution in [2.24, 2.45) is 5.10 Å². The third-order valence-electron chi connectivity index (χ3n) is 4.63. The minimum atomic E-state index is 0.327. The molecule has 0 aliphatic rings. The summed E-state index contributed by atoms with van der Waals surface area (Å²) in [5.74, 6) is 1.13. The topological polar surface area (TPSA) is 88.1 Å². The number of ether oxygens (including phenoxy) is 1. The lowest BCUT2D eigenvalue weighted by Crippen LogP contribution is -1.99. The highest BCUT2D eigenvalue weighted by molar-refractivity contribution is 6.03. The fraction of sp³-hybridized carbons (Fsp3) is 0.0435. The smallest absolute Gasteiger partial charge is 0.265 e. The summed E-state index contributed by atoms with van der Waals surface area (Å²) in [6.45, 7) is 0.538. The summed E-state index contributed by atoms with van der Waals surface area (Å²) in [4.78, 5) is 7.67. The maximum absolute atomic E-state index is 5.79. The molecule has 5 aromatic rings. The molecular weight excluding hydrogens is 376 g/mol. The minimum Gasteiger partial charge on any atom is -0.489 e. The van der Waals surface area contributed by atoms with Crippen molar-refractivity contribution in [3.05, 3.63) is 90.0 Å². The second-order valence-electron chi connectivity index (χ2n) is 6.72. The van der Waals surface area contributed by atoms with Gasteiger partial charge in [-0.1, -0.05) is 48.5 Å². The van der Waals surface area contributed by atoms with Crippen LogP contribution in [0.2, 0.25) is 0 Å². The number of nitrogens with zero attached hydrogens (tertiary/aromatic N) is 4. The van der Waals surface area contributed by atoms with E-state index in [4.69, 9.17) is 4.74 Å². The molecule has 0 atom stereocenters. The fourth-order valence-electron chi connectivity index (χ4n) is 3.12. The number of hydrazone groups is 1. The van der Waals surface area contributed by atoms with Crippen molar-refractivity contribution in [1.29, 1.82) is 0 Å². The second kappa shape index (κ2) is 8.00. The molecule has 7 heteroatoms. The first-order chi connectivity index (χ1) is 14.8. The van der Waals surface area contributed by atoms with Crippen molar-refractivity contribution in [1.82, 2.24) is 20.2 Å². The SMILES string of the molecule is C(=N/Nc1nnc2c(n1)[nH]c1ccccc12)/c1ccc(OCc2ccccc2)cc1. The summed E-state index contributed by atoms with van der Waals surface area (Å²) in [5, 5.41) is 13.6. The van der Waals surface area contributed by atoms with E-state index in [1.165, 1.54) is 0 Å². The number of aromatic amines is 1. The summed E-state index contributed by atoms with van der Waals surface area (Å²) in [6.07, 6.45) is 1.69. The van der Waals surface area contributed by atoms with Gasteiger partial charge in [0.15, 0.2) is 5.65 Å². The molecule has 146 valence electrons. The summed E-state index contributed by atoms with van der Waals surface area (Å²) >= 11 is 0. The predicted molar refractivity (Wildman–Crippen MR) is 118 cm³/mol. The summed E-state index contributed by atoms with van der Waals surface area (Å²) in [7, 11) is 0. The number of para-hydroxylation sites is 1. The van der Waals surface area contributed by atoms with Gasteiger partial charge in [-0.25, -0.2) is 5.43 Å². The first-order valence-corrected chi connectivity index (χ1v) is 9.52. The van der Waals surface area contributed by atoms with Gasteiger partial charge in [0.25, 0.3) is 5.95 Å². The van der Waals surface area contributed by atoms with Crippen LogP contribution in [-0.2, 0) is 6.61 Å². The van der Waals surface area contributed by atoms with Crippen LogP contribution in [0, 0.1) is 0 Å².